The number of methoxy groups -OCH3 is 1. The van der Waals surface area contributed by atoms with Gasteiger partial charge in [0.2, 0.25) is 0 Å². The van der Waals surface area contributed by atoms with Gasteiger partial charge in [0.15, 0.2) is 5.75 Å². The van der Waals surface area contributed by atoms with Crippen molar-refractivity contribution in [2.75, 3.05) is 12.8 Å². The number of aromatic nitrogens is 1. The second-order valence-electron chi connectivity index (χ2n) is 2.40. The van der Waals surface area contributed by atoms with Gasteiger partial charge in [-0.05, 0) is 15.9 Å². The van der Waals surface area contributed by atoms with Gasteiger partial charge in [0.25, 0.3) is 5.56 Å². The molecule has 6 nitrogen and oxygen atoms in total. The number of pyridine rings is 1. The quantitative estimate of drug-likeness (QED) is 0.628. The lowest BCUT2D eigenvalue weighted by Gasteiger charge is -2.06. The van der Waals surface area contributed by atoms with E-state index in [4.69, 9.17) is 5.73 Å². The first-order valence-corrected chi connectivity index (χ1v) is 4.26. The zero-order valence-electron chi connectivity index (χ0n) is 7.13. The van der Waals surface area contributed by atoms with Crippen molar-refractivity contribution in [2.45, 2.75) is 0 Å². The van der Waals surface area contributed by atoms with Gasteiger partial charge in [-0.3, -0.25) is 4.79 Å². The van der Waals surface area contributed by atoms with Crippen molar-refractivity contribution in [2.24, 2.45) is 0 Å². The molecule has 0 spiro atoms. The van der Waals surface area contributed by atoms with Crippen molar-refractivity contribution < 1.29 is 14.6 Å². The molecule has 0 bridgehead atoms. The Morgan fingerprint density at radius 3 is 2.71 bits per heavy atom. The second-order valence-corrected chi connectivity index (χ2v) is 3.19. The predicted molar refractivity (Wildman–Crippen MR) is 52.2 cm³/mol. The number of esters is 1. The van der Waals surface area contributed by atoms with E-state index >= 15 is 0 Å². The van der Waals surface area contributed by atoms with E-state index in [-0.39, 0.29) is 15.9 Å². The summed E-state index contributed by atoms with van der Waals surface area (Å²) in [7, 11) is 1.14. The van der Waals surface area contributed by atoms with Gasteiger partial charge < -0.3 is 20.6 Å². The zero-order chi connectivity index (χ0) is 10.9. The number of nitrogen functional groups attached to an aromatic ring is 1. The minimum atomic E-state index is -0.822. The van der Waals surface area contributed by atoms with Crippen LogP contribution in [0.3, 0.4) is 0 Å². The van der Waals surface area contributed by atoms with Gasteiger partial charge in [0.05, 0.1) is 7.11 Å². The molecular formula is C7H7BrN2O4. The van der Waals surface area contributed by atoms with E-state index < -0.39 is 17.3 Å². The number of hydrogen-bond acceptors (Lipinski definition) is 5. The molecule has 1 aromatic rings. The second kappa shape index (κ2) is 3.70. The first-order chi connectivity index (χ1) is 6.49. The number of nitrogens with two attached hydrogens (primary N) is 1. The molecule has 0 aliphatic rings. The van der Waals surface area contributed by atoms with Crippen LogP contribution in [0, 0.1) is 0 Å². The fourth-order valence-corrected chi connectivity index (χ4v) is 1.19. The minimum Gasteiger partial charge on any atom is -0.506 e. The molecule has 0 aromatic carbocycles. The number of carbonyl (C=O) groups is 1. The molecule has 0 radical (unpaired) electrons. The van der Waals surface area contributed by atoms with Crippen LogP contribution in [0.5, 0.6) is 5.75 Å². The monoisotopic (exact) mass is 262 g/mol. The highest BCUT2D eigenvalue weighted by atomic mass is 79.9. The lowest BCUT2D eigenvalue weighted by molar-refractivity contribution is 0.0598. The van der Waals surface area contributed by atoms with E-state index in [1.54, 1.807) is 0 Å². The van der Waals surface area contributed by atoms with Crippen molar-refractivity contribution >= 4 is 27.7 Å². The first-order valence-electron chi connectivity index (χ1n) is 3.47. The van der Waals surface area contributed by atoms with Gasteiger partial charge in [-0.2, -0.15) is 0 Å². The van der Waals surface area contributed by atoms with Gasteiger partial charge in [0, 0.05) is 0 Å². The Morgan fingerprint density at radius 1 is 1.64 bits per heavy atom. The largest absolute Gasteiger partial charge is 0.506 e. The molecule has 0 fully saturated rings. The molecule has 7 heteroatoms. The highest BCUT2D eigenvalue weighted by Crippen LogP contribution is 2.27. The number of carbonyl (C=O) groups excluding carboxylic acids is 1. The SMILES string of the molecule is COC(=O)c1c(N)[nH]c(=O)c(Br)c1O. The van der Waals surface area contributed by atoms with Crippen molar-refractivity contribution in [3.8, 4) is 5.75 Å². The maximum atomic E-state index is 11.1. The summed E-state index contributed by atoms with van der Waals surface area (Å²) >= 11 is 2.80. The van der Waals surface area contributed by atoms with Crippen LogP contribution in [0.4, 0.5) is 5.82 Å². The lowest BCUT2D eigenvalue weighted by Crippen LogP contribution is -2.16. The number of rotatable bonds is 1. The van der Waals surface area contributed by atoms with Crippen LogP contribution in [-0.2, 0) is 4.74 Å². The van der Waals surface area contributed by atoms with Crippen molar-refractivity contribution in [3.63, 3.8) is 0 Å². The summed E-state index contributed by atoms with van der Waals surface area (Å²) in [5, 5.41) is 9.41. The van der Waals surface area contributed by atoms with E-state index in [0.29, 0.717) is 0 Å². The van der Waals surface area contributed by atoms with E-state index in [1.165, 1.54) is 0 Å². The van der Waals surface area contributed by atoms with E-state index in [9.17, 15) is 14.7 Å². The Bertz CT molecular complexity index is 440. The highest BCUT2D eigenvalue weighted by Gasteiger charge is 2.20. The number of halogens is 1. The standard InChI is InChI=1S/C7H7BrN2O4/c1-14-7(13)2-4(11)3(8)6(12)10-5(2)9/h1H3,(H4,9,10,11,12). The summed E-state index contributed by atoms with van der Waals surface area (Å²) < 4.78 is 4.21. The van der Waals surface area contributed by atoms with Crippen LogP contribution in [0.1, 0.15) is 10.4 Å². The Labute approximate surface area is 86.8 Å². The zero-order valence-corrected chi connectivity index (χ0v) is 8.71. The number of H-pyrrole nitrogens is 1. The summed E-state index contributed by atoms with van der Waals surface area (Å²) in [6.07, 6.45) is 0. The van der Waals surface area contributed by atoms with E-state index in [0.717, 1.165) is 7.11 Å². The van der Waals surface area contributed by atoms with Crippen molar-refractivity contribution in [1.29, 1.82) is 0 Å². The third-order valence-electron chi connectivity index (χ3n) is 1.55. The molecule has 4 N–H and O–H groups in total. The van der Waals surface area contributed by atoms with Crippen LogP contribution >= 0.6 is 15.9 Å². The van der Waals surface area contributed by atoms with Gasteiger partial charge in [0.1, 0.15) is 15.9 Å². The molecule has 0 aliphatic heterocycles. The Balaban J connectivity index is 3.52. The summed E-state index contributed by atoms with van der Waals surface area (Å²) in [6, 6.07) is 0. The number of hydrogen-bond donors (Lipinski definition) is 3. The van der Waals surface area contributed by atoms with Crippen molar-refractivity contribution in [1.82, 2.24) is 4.98 Å². The molecule has 0 amide bonds. The van der Waals surface area contributed by atoms with Gasteiger partial charge in [-0.25, -0.2) is 4.79 Å². The molecular weight excluding hydrogens is 256 g/mol. The molecule has 0 unspecified atom stereocenters. The Hall–Kier alpha value is -1.50. The fraction of sp³-hybridized carbons (Fsp3) is 0.143. The molecule has 1 aromatic heterocycles. The summed E-state index contributed by atoms with van der Waals surface area (Å²) in [5.41, 5.74) is 4.45. The maximum Gasteiger partial charge on any atom is 0.345 e. The normalized spacial score (nSPS) is 9.86. The van der Waals surface area contributed by atoms with Crippen LogP contribution in [-0.4, -0.2) is 23.2 Å². The summed E-state index contributed by atoms with van der Waals surface area (Å²) in [6.45, 7) is 0. The lowest BCUT2D eigenvalue weighted by atomic mass is 10.2. The third kappa shape index (κ3) is 1.58. The number of aromatic amines is 1. The topological polar surface area (TPSA) is 105 Å². The molecule has 1 heterocycles. The third-order valence-corrected chi connectivity index (χ3v) is 2.29. The highest BCUT2D eigenvalue weighted by molar-refractivity contribution is 9.10. The molecule has 0 saturated carbocycles. The molecule has 76 valence electrons. The molecule has 0 saturated heterocycles. The van der Waals surface area contributed by atoms with Crippen LogP contribution in [0.25, 0.3) is 0 Å². The number of anilines is 1. The number of aromatic hydroxyl groups is 1. The fourth-order valence-electron chi connectivity index (χ4n) is 0.893. The van der Waals surface area contributed by atoms with E-state index in [1.807, 2.05) is 0 Å². The average molecular weight is 263 g/mol. The van der Waals surface area contributed by atoms with Gasteiger partial charge >= 0.3 is 5.97 Å². The first kappa shape index (κ1) is 10.6. The van der Waals surface area contributed by atoms with Gasteiger partial charge in [-0.15, -0.1) is 0 Å². The van der Waals surface area contributed by atoms with Crippen LogP contribution < -0.4 is 11.3 Å². The van der Waals surface area contributed by atoms with E-state index in [2.05, 4.69) is 25.7 Å². The number of ether oxygens (including phenoxy) is 1. The molecule has 0 atom stereocenters. The summed E-state index contributed by atoms with van der Waals surface area (Å²) in [4.78, 5) is 24.3. The smallest absolute Gasteiger partial charge is 0.345 e. The Kier molecular flexibility index (Phi) is 2.80. The molecule has 1 rings (SSSR count). The minimum absolute atomic E-state index is 0.160. The summed E-state index contributed by atoms with van der Waals surface area (Å²) in [5.74, 6) is -1.59. The Morgan fingerprint density at radius 2 is 2.21 bits per heavy atom. The average Bonchev–Trinajstić information content (AvgIpc) is 2.14. The maximum absolute atomic E-state index is 11.1. The van der Waals surface area contributed by atoms with Crippen molar-refractivity contribution in [3.05, 3.63) is 20.4 Å². The number of nitrogens with one attached hydrogen (secondary N) is 1. The predicted octanol–water partition coefficient (Wildman–Crippen LogP) is 0.212. The van der Waals surface area contributed by atoms with Crippen LogP contribution in [0.2, 0.25) is 0 Å². The van der Waals surface area contributed by atoms with Crippen LogP contribution in [0.15, 0.2) is 9.27 Å². The molecule has 0 aliphatic carbocycles. The molecule has 14 heavy (non-hydrogen) atoms. The van der Waals surface area contributed by atoms with Gasteiger partial charge in [-0.1, -0.05) is 0 Å².